The molecule has 25 heavy (non-hydrogen) atoms. The van der Waals surface area contributed by atoms with Gasteiger partial charge in [0.25, 0.3) is 0 Å². The predicted octanol–water partition coefficient (Wildman–Crippen LogP) is 1.48. The first-order valence-electron chi connectivity index (χ1n) is 7.76. The summed E-state index contributed by atoms with van der Waals surface area (Å²) in [5.41, 5.74) is -1.09. The van der Waals surface area contributed by atoms with Gasteiger partial charge in [-0.05, 0) is 18.9 Å². The number of piperidine rings is 1. The van der Waals surface area contributed by atoms with Gasteiger partial charge in [-0.15, -0.1) is 0 Å². The number of imide groups is 1. The third-order valence-electron chi connectivity index (χ3n) is 3.93. The van der Waals surface area contributed by atoms with Gasteiger partial charge in [-0.3, -0.25) is 0 Å². The van der Waals surface area contributed by atoms with Gasteiger partial charge in [0.1, 0.15) is 6.10 Å². The third kappa shape index (κ3) is 3.91. The Balaban J connectivity index is 1.64. The molecule has 0 spiro atoms. The van der Waals surface area contributed by atoms with Gasteiger partial charge in [0.2, 0.25) is 0 Å². The molecule has 0 radical (unpaired) electrons. The van der Waals surface area contributed by atoms with E-state index in [0.29, 0.717) is 25.9 Å². The number of rotatable bonds is 2. The second-order valence-electron chi connectivity index (χ2n) is 5.72. The Hall–Kier alpha value is -2.59. The zero-order valence-electron chi connectivity index (χ0n) is 13.1. The van der Waals surface area contributed by atoms with Crippen LogP contribution in [0.3, 0.4) is 0 Å². The zero-order chi connectivity index (χ0) is 18.0. The van der Waals surface area contributed by atoms with Crippen LogP contribution in [-0.2, 0) is 6.18 Å². The van der Waals surface area contributed by atoms with Gasteiger partial charge in [-0.2, -0.15) is 18.2 Å². The lowest BCUT2D eigenvalue weighted by Gasteiger charge is -2.33. The van der Waals surface area contributed by atoms with Gasteiger partial charge in [0, 0.05) is 25.8 Å². The Morgan fingerprint density at radius 1 is 1.36 bits per heavy atom. The molecular weight excluding hydrogens is 343 g/mol. The van der Waals surface area contributed by atoms with Crippen molar-refractivity contribution in [3.05, 3.63) is 18.0 Å². The minimum Gasteiger partial charge on any atom is -0.458 e. The molecule has 3 heterocycles. The molecular formula is C14H16F3N5O3. The first-order valence-corrected chi connectivity index (χ1v) is 7.76. The van der Waals surface area contributed by atoms with Crippen molar-refractivity contribution in [3.8, 4) is 6.01 Å². The molecule has 3 rings (SSSR count). The van der Waals surface area contributed by atoms with Gasteiger partial charge in [-0.25, -0.2) is 19.5 Å². The van der Waals surface area contributed by atoms with Crippen molar-refractivity contribution >= 4 is 12.1 Å². The van der Waals surface area contributed by atoms with Gasteiger partial charge < -0.3 is 15.0 Å². The largest absolute Gasteiger partial charge is 0.458 e. The second-order valence-corrected chi connectivity index (χ2v) is 5.72. The summed E-state index contributed by atoms with van der Waals surface area (Å²) in [5, 5.41) is 2.54. The van der Waals surface area contributed by atoms with Crippen molar-refractivity contribution in [2.45, 2.75) is 25.1 Å². The van der Waals surface area contributed by atoms with Crippen LogP contribution >= 0.6 is 0 Å². The van der Waals surface area contributed by atoms with Crippen molar-refractivity contribution in [2.24, 2.45) is 0 Å². The zero-order valence-corrected chi connectivity index (χ0v) is 13.1. The number of hydrogen-bond donors (Lipinski definition) is 1. The lowest BCUT2D eigenvalue weighted by molar-refractivity contribution is -0.141. The average molecular weight is 359 g/mol. The smallest absolute Gasteiger partial charge is 0.433 e. The fourth-order valence-electron chi connectivity index (χ4n) is 2.74. The summed E-state index contributed by atoms with van der Waals surface area (Å²) in [4.78, 5) is 33.5. The highest BCUT2D eigenvalue weighted by Gasteiger charge is 2.35. The normalized spacial score (nSPS) is 21.2. The Morgan fingerprint density at radius 2 is 2.16 bits per heavy atom. The molecule has 2 fully saturated rings. The van der Waals surface area contributed by atoms with Crippen molar-refractivity contribution in [2.75, 3.05) is 26.2 Å². The van der Waals surface area contributed by atoms with Crippen LogP contribution < -0.4 is 10.1 Å². The first-order chi connectivity index (χ1) is 11.8. The van der Waals surface area contributed by atoms with Gasteiger partial charge in [0.15, 0.2) is 5.69 Å². The molecule has 11 heteroatoms. The molecule has 1 atom stereocenters. The standard InChI is InChI=1S/C14H16F3N5O3/c15-14(16,17)10-3-4-18-11(20-10)25-9-2-1-6-21(8-9)13(24)22-7-5-19-12(22)23/h3-4,9H,1-2,5-8H2,(H,19,23). The maximum Gasteiger partial charge on any atom is 0.433 e. The Labute approximate surface area is 141 Å². The number of urea groups is 2. The summed E-state index contributed by atoms with van der Waals surface area (Å²) in [7, 11) is 0. The van der Waals surface area contributed by atoms with E-state index in [2.05, 4.69) is 15.3 Å². The molecule has 0 aliphatic carbocycles. The molecule has 8 nitrogen and oxygen atoms in total. The summed E-state index contributed by atoms with van der Waals surface area (Å²) in [6.07, 6.45) is -2.99. The van der Waals surface area contributed by atoms with Crippen molar-refractivity contribution < 1.29 is 27.5 Å². The van der Waals surface area contributed by atoms with E-state index < -0.39 is 30.0 Å². The molecule has 1 unspecified atom stereocenters. The van der Waals surface area contributed by atoms with E-state index in [4.69, 9.17) is 4.74 Å². The third-order valence-corrected chi connectivity index (χ3v) is 3.93. The minimum atomic E-state index is -4.58. The lowest BCUT2D eigenvalue weighted by atomic mass is 10.1. The Kier molecular flexibility index (Phi) is 4.64. The molecule has 2 aliphatic rings. The number of halogens is 3. The molecule has 0 aromatic carbocycles. The number of ether oxygens (including phenoxy) is 1. The monoisotopic (exact) mass is 359 g/mol. The van der Waals surface area contributed by atoms with Crippen molar-refractivity contribution in [3.63, 3.8) is 0 Å². The number of carbonyl (C=O) groups is 2. The highest BCUT2D eigenvalue weighted by Crippen LogP contribution is 2.28. The summed E-state index contributed by atoms with van der Waals surface area (Å²) in [6.45, 7) is 1.29. The molecule has 4 amide bonds. The number of alkyl halides is 3. The highest BCUT2D eigenvalue weighted by molar-refractivity contribution is 5.95. The van der Waals surface area contributed by atoms with E-state index >= 15 is 0 Å². The van der Waals surface area contributed by atoms with Gasteiger partial charge >= 0.3 is 24.2 Å². The quantitative estimate of drug-likeness (QED) is 0.864. The van der Waals surface area contributed by atoms with E-state index in [0.717, 1.165) is 17.2 Å². The fraction of sp³-hybridized carbons (Fsp3) is 0.571. The van der Waals surface area contributed by atoms with E-state index in [9.17, 15) is 22.8 Å². The van der Waals surface area contributed by atoms with Crippen LogP contribution in [0.15, 0.2) is 12.3 Å². The lowest BCUT2D eigenvalue weighted by Crippen LogP contribution is -2.51. The summed E-state index contributed by atoms with van der Waals surface area (Å²) in [5.74, 6) is 0. The maximum atomic E-state index is 12.7. The van der Waals surface area contributed by atoms with Gasteiger partial charge in [-0.1, -0.05) is 0 Å². The number of aromatic nitrogens is 2. The summed E-state index contributed by atoms with van der Waals surface area (Å²) >= 11 is 0. The minimum absolute atomic E-state index is 0.155. The van der Waals surface area contributed by atoms with Crippen LogP contribution in [0.4, 0.5) is 22.8 Å². The van der Waals surface area contributed by atoms with E-state index in [1.807, 2.05) is 0 Å². The van der Waals surface area contributed by atoms with Crippen molar-refractivity contribution in [1.29, 1.82) is 0 Å². The SMILES string of the molecule is O=C1NCCN1C(=O)N1CCCC(Oc2nccc(C(F)(F)F)n2)C1. The van der Waals surface area contributed by atoms with Crippen LogP contribution in [0, 0.1) is 0 Å². The molecule has 1 aromatic rings. The van der Waals surface area contributed by atoms with Crippen LogP contribution in [0.1, 0.15) is 18.5 Å². The molecule has 1 aromatic heterocycles. The average Bonchev–Trinajstić information content (AvgIpc) is 3.00. The Morgan fingerprint density at radius 3 is 2.84 bits per heavy atom. The van der Waals surface area contributed by atoms with Crippen LogP contribution in [0.2, 0.25) is 0 Å². The number of likely N-dealkylation sites (tertiary alicyclic amines) is 1. The highest BCUT2D eigenvalue weighted by atomic mass is 19.4. The van der Waals surface area contributed by atoms with Crippen molar-refractivity contribution in [1.82, 2.24) is 25.1 Å². The topological polar surface area (TPSA) is 87.7 Å². The first kappa shape index (κ1) is 17.2. The molecule has 1 N–H and O–H groups in total. The fourth-order valence-corrected chi connectivity index (χ4v) is 2.74. The van der Waals surface area contributed by atoms with E-state index in [1.165, 1.54) is 4.90 Å². The number of carbonyl (C=O) groups excluding carboxylic acids is 2. The predicted molar refractivity (Wildman–Crippen MR) is 77.8 cm³/mol. The van der Waals surface area contributed by atoms with Crippen LogP contribution in [0.5, 0.6) is 6.01 Å². The second kappa shape index (κ2) is 6.73. The van der Waals surface area contributed by atoms with Crippen LogP contribution in [-0.4, -0.2) is 64.1 Å². The summed E-state index contributed by atoms with van der Waals surface area (Å²) < 4.78 is 43.5. The number of nitrogens with zero attached hydrogens (tertiary/aromatic N) is 4. The van der Waals surface area contributed by atoms with Gasteiger partial charge in [0.05, 0.1) is 6.54 Å². The Bertz CT molecular complexity index is 669. The number of nitrogens with one attached hydrogen (secondary N) is 1. The number of hydrogen-bond acceptors (Lipinski definition) is 5. The van der Waals surface area contributed by atoms with E-state index in [1.54, 1.807) is 0 Å². The maximum absolute atomic E-state index is 12.7. The molecule has 2 saturated heterocycles. The molecule has 2 aliphatic heterocycles. The molecule has 136 valence electrons. The van der Waals surface area contributed by atoms with Crippen LogP contribution in [0.25, 0.3) is 0 Å². The van der Waals surface area contributed by atoms with E-state index in [-0.39, 0.29) is 19.1 Å². The number of amides is 4. The molecule has 0 bridgehead atoms. The molecule has 0 saturated carbocycles. The summed E-state index contributed by atoms with van der Waals surface area (Å²) in [6, 6.07) is -0.509.